The number of aromatic nitrogens is 2. The van der Waals surface area contributed by atoms with Gasteiger partial charge in [-0.3, -0.25) is 4.79 Å². The van der Waals surface area contributed by atoms with Crippen LogP contribution in [0.5, 0.6) is 0 Å². The maximum absolute atomic E-state index is 11.4. The smallest absolute Gasteiger partial charge is 0.153 e. The Hall–Kier alpha value is -2.27. The van der Waals surface area contributed by atoms with E-state index in [2.05, 4.69) is 9.97 Å². The van der Waals surface area contributed by atoms with E-state index in [1.54, 1.807) is 11.3 Å². The van der Waals surface area contributed by atoms with Gasteiger partial charge in [0.15, 0.2) is 6.29 Å². The highest BCUT2D eigenvalue weighted by molar-refractivity contribution is 7.09. The van der Waals surface area contributed by atoms with Crippen LogP contribution in [0, 0.1) is 6.92 Å². The molecule has 0 aliphatic rings. The third kappa shape index (κ3) is 2.64. The fourth-order valence-electron chi connectivity index (χ4n) is 2.28. The molecule has 0 aliphatic carbocycles. The second kappa shape index (κ2) is 5.61. The first-order valence-corrected chi connectivity index (χ1v) is 7.52. The summed E-state index contributed by atoms with van der Waals surface area (Å²) in [5.41, 5.74) is 4.37. The van der Waals surface area contributed by atoms with Crippen molar-refractivity contribution in [2.24, 2.45) is 0 Å². The van der Waals surface area contributed by atoms with Crippen molar-refractivity contribution in [2.45, 2.75) is 13.5 Å². The van der Waals surface area contributed by atoms with Crippen LogP contribution in [-0.2, 0) is 6.54 Å². The highest BCUT2D eigenvalue weighted by Gasteiger charge is 2.13. The van der Waals surface area contributed by atoms with E-state index in [-0.39, 0.29) is 0 Å². The molecule has 4 nitrogen and oxygen atoms in total. The van der Waals surface area contributed by atoms with Gasteiger partial charge in [0.05, 0.1) is 28.8 Å². The van der Waals surface area contributed by atoms with Gasteiger partial charge >= 0.3 is 0 Å². The molecule has 3 rings (SSSR count). The van der Waals surface area contributed by atoms with Gasteiger partial charge in [0, 0.05) is 17.3 Å². The van der Waals surface area contributed by atoms with Crippen molar-refractivity contribution >= 4 is 34.3 Å². The molecule has 0 saturated heterocycles. The van der Waals surface area contributed by atoms with Crippen molar-refractivity contribution in [1.29, 1.82) is 0 Å². The number of fused-ring (bicyclic) bond motifs is 1. The summed E-state index contributed by atoms with van der Waals surface area (Å²) in [6, 6.07) is 9.71. The van der Waals surface area contributed by atoms with Crippen molar-refractivity contribution in [1.82, 2.24) is 9.97 Å². The van der Waals surface area contributed by atoms with Gasteiger partial charge in [-0.25, -0.2) is 9.97 Å². The summed E-state index contributed by atoms with van der Waals surface area (Å²) in [4.78, 5) is 23.4. The molecule has 2 heterocycles. The van der Waals surface area contributed by atoms with E-state index in [1.807, 2.05) is 54.7 Å². The monoisotopic (exact) mass is 297 g/mol. The topological polar surface area (TPSA) is 46.1 Å². The predicted molar refractivity (Wildman–Crippen MR) is 86.1 cm³/mol. The van der Waals surface area contributed by atoms with Crippen molar-refractivity contribution in [3.05, 3.63) is 52.0 Å². The zero-order chi connectivity index (χ0) is 14.8. The molecule has 0 bridgehead atoms. The Morgan fingerprint density at radius 3 is 2.86 bits per heavy atom. The Labute approximate surface area is 127 Å². The number of anilines is 1. The maximum Gasteiger partial charge on any atom is 0.153 e. The first-order chi connectivity index (χ1) is 10.2. The summed E-state index contributed by atoms with van der Waals surface area (Å²) in [6.07, 6.45) is 0.866. The Kier molecular flexibility index (Phi) is 3.66. The molecule has 0 N–H and O–H groups in total. The number of thiazole rings is 1. The molecule has 3 aromatic rings. The van der Waals surface area contributed by atoms with Crippen LogP contribution in [0.4, 0.5) is 5.82 Å². The average Bonchev–Trinajstić information content (AvgIpc) is 2.91. The van der Waals surface area contributed by atoms with E-state index in [0.717, 1.165) is 22.9 Å². The van der Waals surface area contributed by atoms with Crippen LogP contribution in [0.1, 0.15) is 20.9 Å². The SMILES string of the molecule is Cc1ncsc1CN(C)c1nc2ccccc2cc1C=O. The second-order valence-electron chi connectivity index (χ2n) is 4.93. The third-order valence-electron chi connectivity index (χ3n) is 3.45. The minimum Gasteiger partial charge on any atom is -0.354 e. The zero-order valence-electron chi connectivity index (χ0n) is 11.9. The molecular weight excluding hydrogens is 282 g/mol. The first-order valence-electron chi connectivity index (χ1n) is 6.64. The Bertz CT molecular complexity index is 797. The number of hydrogen-bond acceptors (Lipinski definition) is 5. The van der Waals surface area contributed by atoms with E-state index in [4.69, 9.17) is 0 Å². The molecule has 0 aliphatic heterocycles. The Morgan fingerprint density at radius 1 is 1.33 bits per heavy atom. The number of rotatable bonds is 4. The number of aryl methyl sites for hydroxylation is 1. The lowest BCUT2D eigenvalue weighted by Crippen LogP contribution is -2.19. The summed E-state index contributed by atoms with van der Waals surface area (Å²) in [7, 11) is 1.95. The van der Waals surface area contributed by atoms with Gasteiger partial charge in [-0.05, 0) is 19.1 Å². The van der Waals surface area contributed by atoms with Gasteiger partial charge in [0.1, 0.15) is 5.82 Å². The molecule has 106 valence electrons. The molecule has 1 aromatic carbocycles. The van der Waals surface area contributed by atoms with Crippen LogP contribution in [0.25, 0.3) is 10.9 Å². The summed E-state index contributed by atoms with van der Waals surface area (Å²) < 4.78 is 0. The summed E-state index contributed by atoms with van der Waals surface area (Å²) >= 11 is 1.62. The number of nitrogens with zero attached hydrogens (tertiary/aromatic N) is 3. The van der Waals surface area contributed by atoms with Crippen LogP contribution in [0.15, 0.2) is 35.8 Å². The van der Waals surface area contributed by atoms with E-state index in [9.17, 15) is 4.79 Å². The molecule has 0 atom stereocenters. The van der Waals surface area contributed by atoms with Crippen LogP contribution < -0.4 is 4.90 Å². The van der Waals surface area contributed by atoms with Crippen molar-refractivity contribution in [2.75, 3.05) is 11.9 Å². The highest BCUT2D eigenvalue weighted by atomic mass is 32.1. The fraction of sp³-hybridized carbons (Fsp3) is 0.188. The van der Waals surface area contributed by atoms with Crippen molar-refractivity contribution < 1.29 is 4.79 Å². The van der Waals surface area contributed by atoms with E-state index < -0.39 is 0 Å². The number of benzene rings is 1. The van der Waals surface area contributed by atoms with Gasteiger partial charge in [0.25, 0.3) is 0 Å². The maximum atomic E-state index is 11.4. The molecule has 0 fully saturated rings. The second-order valence-corrected chi connectivity index (χ2v) is 5.87. The third-order valence-corrected chi connectivity index (χ3v) is 4.37. The normalized spacial score (nSPS) is 10.8. The molecule has 0 amide bonds. The molecule has 0 unspecified atom stereocenters. The van der Waals surface area contributed by atoms with E-state index in [0.29, 0.717) is 17.9 Å². The molecule has 21 heavy (non-hydrogen) atoms. The van der Waals surface area contributed by atoms with Gasteiger partial charge in [-0.2, -0.15) is 0 Å². The molecule has 0 saturated carbocycles. The van der Waals surface area contributed by atoms with Crippen molar-refractivity contribution in [3.8, 4) is 0 Å². The fourth-order valence-corrected chi connectivity index (χ4v) is 3.11. The number of hydrogen-bond donors (Lipinski definition) is 0. The lowest BCUT2D eigenvalue weighted by molar-refractivity contribution is 0.112. The predicted octanol–water partition coefficient (Wildman–Crippen LogP) is 3.45. The van der Waals surface area contributed by atoms with Gasteiger partial charge in [-0.15, -0.1) is 11.3 Å². The Morgan fingerprint density at radius 2 is 2.14 bits per heavy atom. The highest BCUT2D eigenvalue weighted by Crippen LogP contribution is 2.24. The Balaban J connectivity index is 2.01. The quantitative estimate of drug-likeness (QED) is 0.692. The first kappa shape index (κ1) is 13.7. The van der Waals surface area contributed by atoms with Gasteiger partial charge in [0.2, 0.25) is 0 Å². The van der Waals surface area contributed by atoms with Crippen LogP contribution in [-0.4, -0.2) is 23.3 Å². The van der Waals surface area contributed by atoms with Crippen LogP contribution >= 0.6 is 11.3 Å². The van der Waals surface area contributed by atoms with E-state index >= 15 is 0 Å². The molecular formula is C16H15N3OS. The molecule has 2 aromatic heterocycles. The van der Waals surface area contributed by atoms with Gasteiger partial charge < -0.3 is 4.90 Å². The van der Waals surface area contributed by atoms with Gasteiger partial charge in [-0.1, -0.05) is 18.2 Å². The zero-order valence-corrected chi connectivity index (χ0v) is 12.7. The minimum atomic E-state index is 0.610. The molecule has 0 spiro atoms. The van der Waals surface area contributed by atoms with Crippen LogP contribution in [0.3, 0.4) is 0 Å². The molecule has 0 radical (unpaired) electrons. The summed E-state index contributed by atoms with van der Waals surface area (Å²) in [6.45, 7) is 2.69. The standard InChI is InChI=1S/C16H15N3OS/c1-11-15(21-10-17-11)8-19(2)16-13(9-20)7-12-5-3-4-6-14(12)18-16/h3-7,9-10H,8H2,1-2H3. The number of carbonyl (C=O) groups excluding carboxylic acids is 1. The lowest BCUT2D eigenvalue weighted by atomic mass is 10.1. The number of aldehydes is 1. The summed E-state index contributed by atoms with van der Waals surface area (Å²) in [5, 5.41) is 0.978. The average molecular weight is 297 g/mol. The number of pyridine rings is 1. The summed E-state index contributed by atoms with van der Waals surface area (Å²) in [5.74, 6) is 0.705. The van der Waals surface area contributed by atoms with Crippen molar-refractivity contribution in [3.63, 3.8) is 0 Å². The lowest BCUT2D eigenvalue weighted by Gasteiger charge is -2.19. The number of para-hydroxylation sites is 1. The van der Waals surface area contributed by atoms with Crippen LogP contribution in [0.2, 0.25) is 0 Å². The molecule has 5 heteroatoms. The van der Waals surface area contributed by atoms with E-state index in [1.165, 1.54) is 4.88 Å². The largest absolute Gasteiger partial charge is 0.354 e. The number of carbonyl (C=O) groups is 1. The minimum absolute atomic E-state index is 0.610.